The lowest BCUT2D eigenvalue weighted by molar-refractivity contribution is -0.157. The molecule has 0 aromatic rings. The van der Waals surface area contributed by atoms with Gasteiger partial charge in [0.25, 0.3) is 0 Å². The maximum atomic E-state index is 15.1. The number of nitrogens with one attached hydrogen (secondary N) is 5. The van der Waals surface area contributed by atoms with Crippen molar-refractivity contribution in [2.45, 2.75) is 216 Å². The fraction of sp³-hybridized carbons (Fsp3) is 0.783. The van der Waals surface area contributed by atoms with Crippen LogP contribution in [0.15, 0.2) is 12.2 Å². The zero-order valence-electron chi connectivity index (χ0n) is 54.7. The SMILES string of the molecule is C/C=C/C[C@@H](C)[C@@H](O)[C@H]1C(=O)N[C@H]([C@@H](C)O)C(=O)N(C)CC(=O)N[C@@H](C(C)C)C(=O)N[C@@H](C(C)C)C(=O)N(C)[C@H](CC(C)C)C(=O)N[C@@H](C)C(=O)N[C@H](C)C(=O)N(C)[C@@H](CC(C)C)C(=O)N(C)[C@@H](CC(C)C)C(=O)N(C)[C@H](C(C)C)C(=O)N1C. The fourth-order valence-corrected chi connectivity index (χ4v) is 10.3. The Morgan fingerprint density at radius 2 is 0.869 bits per heavy atom. The Balaban J connectivity index is 4.30. The lowest BCUT2D eigenvalue weighted by Gasteiger charge is -2.41. The van der Waals surface area contributed by atoms with Gasteiger partial charge in [0.05, 0.1) is 18.8 Å². The second kappa shape index (κ2) is 34.1. The highest BCUT2D eigenvalue weighted by molar-refractivity contribution is 5.99. The van der Waals surface area contributed by atoms with E-state index < -0.39 is 168 Å². The molecule has 1 heterocycles. The average Bonchev–Trinajstić information content (AvgIpc) is 3.54. The first-order chi connectivity index (χ1) is 38.7. The molecule has 480 valence electrons. The summed E-state index contributed by atoms with van der Waals surface area (Å²) >= 11 is 0. The molecule has 24 nitrogen and oxygen atoms in total. The van der Waals surface area contributed by atoms with Crippen LogP contribution in [0, 0.1) is 41.4 Å². The second-order valence-electron chi connectivity index (χ2n) is 25.5. The highest BCUT2D eigenvalue weighted by Crippen LogP contribution is 2.25. The summed E-state index contributed by atoms with van der Waals surface area (Å²) in [5, 5.41) is 36.4. The monoisotopic (exact) mass is 1190 g/mol. The van der Waals surface area contributed by atoms with E-state index in [1.54, 1.807) is 67.5 Å². The first-order valence-electron chi connectivity index (χ1n) is 29.7. The Bertz CT molecular complexity index is 2310. The topological polar surface area (TPSA) is 308 Å². The molecule has 1 aliphatic rings. The number of hydrogen-bond acceptors (Lipinski definition) is 13. The van der Waals surface area contributed by atoms with Gasteiger partial charge in [-0.1, -0.05) is 102 Å². The Morgan fingerprint density at radius 1 is 0.440 bits per heavy atom. The third kappa shape index (κ3) is 21.1. The summed E-state index contributed by atoms with van der Waals surface area (Å²) < 4.78 is 0. The fourth-order valence-electron chi connectivity index (χ4n) is 10.3. The van der Waals surface area contributed by atoms with Gasteiger partial charge >= 0.3 is 0 Å². The van der Waals surface area contributed by atoms with E-state index in [1.807, 2.05) is 41.5 Å². The molecule has 0 bridgehead atoms. The predicted molar refractivity (Wildman–Crippen MR) is 321 cm³/mol. The lowest BCUT2D eigenvalue weighted by Crippen LogP contribution is -2.64. The number of allylic oxidation sites excluding steroid dienone is 2. The molecule has 0 aliphatic carbocycles. The Labute approximate surface area is 500 Å². The molecule has 0 spiro atoms. The van der Waals surface area contributed by atoms with E-state index in [1.165, 1.54) is 82.7 Å². The molecule has 11 amide bonds. The molecule has 0 aromatic heterocycles. The Kier molecular flexibility index (Phi) is 30.8. The first kappa shape index (κ1) is 75.8. The summed E-state index contributed by atoms with van der Waals surface area (Å²) in [5.74, 6) is -11.3. The Hall–Kier alpha value is -6.17. The van der Waals surface area contributed by atoms with E-state index in [-0.39, 0.29) is 43.4 Å². The van der Waals surface area contributed by atoms with Crippen molar-refractivity contribution in [3.8, 4) is 0 Å². The zero-order chi connectivity index (χ0) is 65.3. The number of likely N-dealkylation sites (N-methyl/N-ethyl adjacent to an activating group) is 6. The standard InChI is InChI=1S/C60H107N11O13/c1-24-25-26-37(14)50(74)49-54(78)65-47(40(17)72)58(82)66(18)30-44(73)63-45(34(8)9)53(77)64-46(35(10)11)59(83)67(19)41(27-31(2)3)52(76)61-38(15)51(75)62-39(16)55(79)68(20)42(28-32(4)5)56(80)69(21)43(29-33(6)7)57(81)70(22)48(36(12)13)60(84)71(49)23/h24-25,31-43,45-50,72,74H,26-30H2,1-23H3,(H,61,76)(H,62,75)(H,63,73)(H,64,77)(H,65,78)/b25-24+/t37-,38+,39-,40-,41-,42+,43+,45+,46+,47-,48-,49+,50-/m1/s1. The van der Waals surface area contributed by atoms with Gasteiger partial charge in [0, 0.05) is 42.3 Å². The van der Waals surface area contributed by atoms with Crippen molar-refractivity contribution in [3.05, 3.63) is 12.2 Å². The van der Waals surface area contributed by atoms with Gasteiger partial charge in [0.15, 0.2) is 0 Å². The van der Waals surface area contributed by atoms with Crippen LogP contribution in [0.1, 0.15) is 143 Å². The number of rotatable bonds is 14. The number of aliphatic hydroxyl groups is 2. The molecule has 84 heavy (non-hydrogen) atoms. The number of carbonyl (C=O) groups is 11. The summed E-state index contributed by atoms with van der Waals surface area (Å²) in [6, 6.07) is -13.2. The van der Waals surface area contributed by atoms with E-state index in [2.05, 4.69) is 26.6 Å². The van der Waals surface area contributed by atoms with E-state index in [0.29, 0.717) is 0 Å². The number of carbonyl (C=O) groups excluding carboxylic acids is 11. The van der Waals surface area contributed by atoms with Crippen LogP contribution in [0.25, 0.3) is 0 Å². The summed E-state index contributed by atoms with van der Waals surface area (Å²) in [5.41, 5.74) is 0. The first-order valence-corrected chi connectivity index (χ1v) is 29.7. The molecule has 0 radical (unpaired) electrons. The van der Waals surface area contributed by atoms with Crippen molar-refractivity contribution in [2.75, 3.05) is 48.8 Å². The molecule has 1 fully saturated rings. The van der Waals surface area contributed by atoms with Crippen molar-refractivity contribution >= 4 is 65.0 Å². The van der Waals surface area contributed by atoms with Crippen LogP contribution in [-0.4, -0.2) is 226 Å². The normalized spacial score (nSPS) is 27.3. The largest absolute Gasteiger partial charge is 0.391 e. The van der Waals surface area contributed by atoms with Gasteiger partial charge in [-0.15, -0.1) is 0 Å². The third-order valence-electron chi connectivity index (χ3n) is 15.5. The number of nitrogens with zero attached hydrogens (tertiary/aromatic N) is 6. The highest BCUT2D eigenvalue weighted by atomic mass is 16.3. The van der Waals surface area contributed by atoms with Gasteiger partial charge in [0.2, 0.25) is 65.0 Å². The van der Waals surface area contributed by atoms with Crippen molar-refractivity contribution in [2.24, 2.45) is 41.4 Å². The van der Waals surface area contributed by atoms with Crippen LogP contribution >= 0.6 is 0 Å². The summed E-state index contributed by atoms with van der Waals surface area (Å²) in [6.07, 6.45) is 0.979. The van der Waals surface area contributed by atoms with Crippen LogP contribution in [0.4, 0.5) is 0 Å². The van der Waals surface area contributed by atoms with E-state index >= 15 is 9.59 Å². The lowest BCUT2D eigenvalue weighted by atomic mass is 9.91. The molecule has 7 N–H and O–H groups in total. The van der Waals surface area contributed by atoms with Crippen LogP contribution < -0.4 is 26.6 Å². The molecule has 0 saturated carbocycles. The van der Waals surface area contributed by atoms with E-state index in [0.717, 1.165) is 9.80 Å². The van der Waals surface area contributed by atoms with Crippen LogP contribution in [0.5, 0.6) is 0 Å². The molecule has 13 atom stereocenters. The summed E-state index contributed by atoms with van der Waals surface area (Å²) in [6.45, 7) is 28.0. The molecule has 1 aliphatic heterocycles. The second-order valence-corrected chi connectivity index (χ2v) is 25.5. The highest BCUT2D eigenvalue weighted by Gasteiger charge is 2.46. The minimum Gasteiger partial charge on any atom is -0.391 e. The van der Waals surface area contributed by atoms with Gasteiger partial charge in [-0.3, -0.25) is 52.7 Å². The molecule has 0 aromatic carbocycles. The van der Waals surface area contributed by atoms with E-state index in [9.17, 15) is 53.4 Å². The average molecular weight is 1190 g/mol. The third-order valence-corrected chi connectivity index (χ3v) is 15.5. The van der Waals surface area contributed by atoms with Crippen molar-refractivity contribution in [1.29, 1.82) is 0 Å². The molecule has 24 heteroatoms. The quantitative estimate of drug-likeness (QED) is 0.122. The van der Waals surface area contributed by atoms with Gasteiger partial charge in [0.1, 0.15) is 60.4 Å². The number of aliphatic hydroxyl groups excluding tert-OH is 2. The molecular weight excluding hydrogens is 1080 g/mol. The van der Waals surface area contributed by atoms with Crippen LogP contribution in [-0.2, 0) is 52.7 Å². The predicted octanol–water partition coefficient (Wildman–Crippen LogP) is 1.51. The van der Waals surface area contributed by atoms with Crippen molar-refractivity contribution < 1.29 is 63.0 Å². The van der Waals surface area contributed by atoms with Crippen LogP contribution in [0.3, 0.4) is 0 Å². The zero-order valence-corrected chi connectivity index (χ0v) is 54.7. The molecular formula is C60H107N11O13. The number of hydrogen-bond donors (Lipinski definition) is 7. The summed E-state index contributed by atoms with van der Waals surface area (Å²) in [4.78, 5) is 166. The van der Waals surface area contributed by atoms with Gasteiger partial charge < -0.3 is 66.2 Å². The summed E-state index contributed by atoms with van der Waals surface area (Å²) in [7, 11) is 8.19. The maximum absolute atomic E-state index is 15.1. The molecule has 1 saturated heterocycles. The smallest absolute Gasteiger partial charge is 0.248 e. The van der Waals surface area contributed by atoms with Crippen molar-refractivity contribution in [3.63, 3.8) is 0 Å². The molecule has 1 rings (SSSR count). The van der Waals surface area contributed by atoms with Gasteiger partial charge in [-0.05, 0) is 94.8 Å². The Morgan fingerprint density at radius 3 is 1.32 bits per heavy atom. The minimum atomic E-state index is -1.75. The van der Waals surface area contributed by atoms with Gasteiger partial charge in [-0.2, -0.15) is 0 Å². The molecule has 0 unspecified atom stereocenters. The van der Waals surface area contributed by atoms with Gasteiger partial charge in [-0.25, -0.2) is 0 Å². The van der Waals surface area contributed by atoms with Crippen LogP contribution in [0.2, 0.25) is 0 Å². The maximum Gasteiger partial charge on any atom is 0.248 e. The van der Waals surface area contributed by atoms with E-state index in [4.69, 9.17) is 0 Å². The minimum absolute atomic E-state index is 0.118. The van der Waals surface area contributed by atoms with Crippen molar-refractivity contribution in [1.82, 2.24) is 56.0 Å². The number of amides is 11.